The maximum absolute atomic E-state index is 11.7. The van der Waals surface area contributed by atoms with Gasteiger partial charge in [-0.2, -0.15) is 0 Å². The standard InChI is InChI=1S/C11H15NOS/c1-3-8-12-11(13)9-6-4-5-7-10(9)14-2/h4-7H,3,8H2,1-2H3,(H,12,13). The molecule has 0 unspecified atom stereocenters. The van der Waals surface area contributed by atoms with Gasteiger partial charge in [0.15, 0.2) is 0 Å². The van der Waals surface area contributed by atoms with E-state index in [1.807, 2.05) is 37.4 Å². The van der Waals surface area contributed by atoms with Crippen LogP contribution in [-0.2, 0) is 0 Å². The van der Waals surface area contributed by atoms with Crippen LogP contribution in [0.2, 0.25) is 0 Å². The first kappa shape index (κ1) is 11.1. The maximum Gasteiger partial charge on any atom is 0.252 e. The summed E-state index contributed by atoms with van der Waals surface area (Å²) in [5.41, 5.74) is 0.772. The van der Waals surface area contributed by atoms with Crippen molar-refractivity contribution in [1.29, 1.82) is 0 Å². The number of carbonyl (C=O) groups is 1. The fourth-order valence-electron chi connectivity index (χ4n) is 1.17. The SMILES string of the molecule is CCCNC(=O)c1ccccc1SC. The zero-order valence-corrected chi connectivity index (χ0v) is 9.36. The van der Waals surface area contributed by atoms with Gasteiger partial charge in [-0.1, -0.05) is 19.1 Å². The molecule has 0 radical (unpaired) electrons. The molecular weight excluding hydrogens is 194 g/mol. The maximum atomic E-state index is 11.7. The summed E-state index contributed by atoms with van der Waals surface area (Å²) in [5, 5.41) is 2.87. The summed E-state index contributed by atoms with van der Waals surface area (Å²) in [6.45, 7) is 2.78. The van der Waals surface area contributed by atoms with Gasteiger partial charge in [-0.25, -0.2) is 0 Å². The zero-order valence-electron chi connectivity index (χ0n) is 8.54. The van der Waals surface area contributed by atoms with Crippen LogP contribution < -0.4 is 5.32 Å². The van der Waals surface area contributed by atoms with Crippen molar-refractivity contribution in [2.75, 3.05) is 12.8 Å². The van der Waals surface area contributed by atoms with Crippen LogP contribution in [-0.4, -0.2) is 18.7 Å². The van der Waals surface area contributed by atoms with Crippen LogP contribution in [0.4, 0.5) is 0 Å². The van der Waals surface area contributed by atoms with Crippen molar-refractivity contribution in [3.63, 3.8) is 0 Å². The number of hydrogen-bond donors (Lipinski definition) is 1. The Hall–Kier alpha value is -0.960. The van der Waals surface area contributed by atoms with Crippen LogP contribution >= 0.6 is 11.8 Å². The van der Waals surface area contributed by atoms with E-state index >= 15 is 0 Å². The fraction of sp³-hybridized carbons (Fsp3) is 0.364. The molecule has 14 heavy (non-hydrogen) atoms. The highest BCUT2D eigenvalue weighted by Gasteiger charge is 2.08. The molecule has 1 aromatic carbocycles. The Labute approximate surface area is 89.1 Å². The van der Waals surface area contributed by atoms with Gasteiger partial charge < -0.3 is 5.32 Å². The van der Waals surface area contributed by atoms with Gasteiger partial charge in [-0.15, -0.1) is 11.8 Å². The minimum absolute atomic E-state index is 0.0248. The second-order valence-electron chi connectivity index (χ2n) is 2.96. The van der Waals surface area contributed by atoms with Crippen LogP contribution in [0.5, 0.6) is 0 Å². The lowest BCUT2D eigenvalue weighted by Crippen LogP contribution is -2.24. The Kier molecular flexibility index (Phi) is 4.53. The van der Waals surface area contributed by atoms with Gasteiger partial charge in [-0.3, -0.25) is 4.79 Å². The highest BCUT2D eigenvalue weighted by atomic mass is 32.2. The quantitative estimate of drug-likeness (QED) is 0.772. The summed E-state index contributed by atoms with van der Waals surface area (Å²) < 4.78 is 0. The molecule has 3 heteroatoms. The van der Waals surface area contributed by atoms with Gasteiger partial charge in [0.2, 0.25) is 0 Å². The van der Waals surface area contributed by atoms with E-state index in [0.29, 0.717) is 0 Å². The van der Waals surface area contributed by atoms with Crippen LogP contribution in [0, 0.1) is 0 Å². The Morgan fingerprint density at radius 1 is 1.43 bits per heavy atom. The average molecular weight is 209 g/mol. The number of thioether (sulfide) groups is 1. The summed E-state index contributed by atoms with van der Waals surface area (Å²) in [4.78, 5) is 12.7. The van der Waals surface area contributed by atoms with Crippen LogP contribution in [0.15, 0.2) is 29.2 Å². The number of carbonyl (C=O) groups excluding carboxylic acids is 1. The molecule has 1 aromatic rings. The number of hydrogen-bond acceptors (Lipinski definition) is 2. The first-order chi connectivity index (χ1) is 6.79. The Bertz CT molecular complexity index is 312. The molecule has 0 fully saturated rings. The van der Waals surface area contributed by atoms with E-state index in [-0.39, 0.29) is 5.91 Å². The van der Waals surface area contributed by atoms with Crippen molar-refractivity contribution in [2.24, 2.45) is 0 Å². The Balaban J connectivity index is 2.78. The Morgan fingerprint density at radius 2 is 2.14 bits per heavy atom. The van der Waals surface area contributed by atoms with Crippen molar-refractivity contribution in [2.45, 2.75) is 18.2 Å². The van der Waals surface area contributed by atoms with Crippen LogP contribution in [0.3, 0.4) is 0 Å². The lowest BCUT2D eigenvalue weighted by atomic mass is 10.2. The molecular formula is C11H15NOS. The third kappa shape index (κ3) is 2.77. The molecule has 1 N–H and O–H groups in total. The van der Waals surface area contributed by atoms with Gasteiger partial charge in [0.05, 0.1) is 5.56 Å². The monoisotopic (exact) mass is 209 g/mol. The van der Waals surface area contributed by atoms with Crippen molar-refractivity contribution in [3.05, 3.63) is 29.8 Å². The highest BCUT2D eigenvalue weighted by Crippen LogP contribution is 2.19. The van der Waals surface area contributed by atoms with Crippen LogP contribution in [0.1, 0.15) is 23.7 Å². The fourth-order valence-corrected chi connectivity index (χ4v) is 1.76. The van der Waals surface area contributed by atoms with Gasteiger partial charge in [0.25, 0.3) is 5.91 Å². The van der Waals surface area contributed by atoms with E-state index in [4.69, 9.17) is 0 Å². The molecule has 76 valence electrons. The smallest absolute Gasteiger partial charge is 0.252 e. The average Bonchev–Trinajstić information content (AvgIpc) is 2.25. The number of nitrogens with one attached hydrogen (secondary N) is 1. The molecule has 2 nitrogen and oxygen atoms in total. The molecule has 0 aliphatic carbocycles. The lowest BCUT2D eigenvalue weighted by Gasteiger charge is -2.06. The molecule has 1 rings (SSSR count). The summed E-state index contributed by atoms with van der Waals surface area (Å²) in [6, 6.07) is 7.66. The highest BCUT2D eigenvalue weighted by molar-refractivity contribution is 7.98. The zero-order chi connectivity index (χ0) is 10.4. The van der Waals surface area contributed by atoms with Gasteiger partial charge in [0, 0.05) is 11.4 Å². The van der Waals surface area contributed by atoms with Crippen molar-refractivity contribution < 1.29 is 4.79 Å². The molecule has 1 amide bonds. The largest absolute Gasteiger partial charge is 0.352 e. The third-order valence-corrected chi connectivity index (χ3v) is 2.68. The summed E-state index contributed by atoms with van der Waals surface area (Å²) in [5.74, 6) is 0.0248. The first-order valence-electron chi connectivity index (χ1n) is 4.70. The van der Waals surface area contributed by atoms with Crippen LogP contribution in [0.25, 0.3) is 0 Å². The molecule has 0 aliphatic rings. The molecule has 0 bridgehead atoms. The van der Waals surface area contributed by atoms with Crippen molar-refractivity contribution in [3.8, 4) is 0 Å². The van der Waals surface area contributed by atoms with E-state index in [2.05, 4.69) is 5.32 Å². The number of benzene rings is 1. The third-order valence-electron chi connectivity index (χ3n) is 1.89. The second kappa shape index (κ2) is 5.70. The van der Waals surface area contributed by atoms with Gasteiger partial charge in [0.1, 0.15) is 0 Å². The van der Waals surface area contributed by atoms with Gasteiger partial charge >= 0.3 is 0 Å². The topological polar surface area (TPSA) is 29.1 Å². The second-order valence-corrected chi connectivity index (χ2v) is 3.80. The lowest BCUT2D eigenvalue weighted by molar-refractivity contribution is 0.0951. The molecule has 0 saturated heterocycles. The summed E-state index contributed by atoms with van der Waals surface area (Å²) in [6.07, 6.45) is 2.94. The van der Waals surface area contributed by atoms with E-state index in [0.717, 1.165) is 23.4 Å². The van der Waals surface area contributed by atoms with Crippen molar-refractivity contribution >= 4 is 17.7 Å². The molecule has 0 aliphatic heterocycles. The number of amides is 1. The normalized spacial score (nSPS) is 9.86. The van der Waals surface area contributed by atoms with Gasteiger partial charge in [-0.05, 0) is 24.8 Å². The molecule has 0 atom stereocenters. The molecule has 0 aromatic heterocycles. The predicted molar refractivity (Wildman–Crippen MR) is 60.8 cm³/mol. The van der Waals surface area contributed by atoms with E-state index < -0.39 is 0 Å². The Morgan fingerprint density at radius 3 is 2.79 bits per heavy atom. The van der Waals surface area contributed by atoms with Crippen molar-refractivity contribution in [1.82, 2.24) is 5.32 Å². The minimum Gasteiger partial charge on any atom is -0.352 e. The minimum atomic E-state index is 0.0248. The summed E-state index contributed by atoms with van der Waals surface area (Å²) >= 11 is 1.60. The summed E-state index contributed by atoms with van der Waals surface area (Å²) in [7, 11) is 0. The van der Waals surface area contributed by atoms with E-state index in [1.165, 1.54) is 0 Å². The molecule has 0 heterocycles. The molecule has 0 saturated carbocycles. The van der Waals surface area contributed by atoms with E-state index in [9.17, 15) is 4.79 Å². The number of rotatable bonds is 4. The first-order valence-corrected chi connectivity index (χ1v) is 5.93. The van der Waals surface area contributed by atoms with E-state index in [1.54, 1.807) is 11.8 Å². The molecule has 0 spiro atoms. The predicted octanol–water partition coefficient (Wildman–Crippen LogP) is 2.55.